The van der Waals surface area contributed by atoms with Gasteiger partial charge in [0.2, 0.25) is 0 Å². The van der Waals surface area contributed by atoms with Crippen LogP contribution in [0.25, 0.3) is 5.65 Å². The second kappa shape index (κ2) is 4.56. The molecule has 1 aliphatic rings. The lowest BCUT2D eigenvalue weighted by molar-refractivity contribution is 0.516. The molecular formula is C12H16N4S. The fourth-order valence-corrected chi connectivity index (χ4v) is 3.65. The first-order valence-corrected chi connectivity index (χ1v) is 6.97. The minimum Gasteiger partial charge on any atom is -0.382 e. The van der Waals surface area contributed by atoms with E-state index in [0.29, 0.717) is 11.1 Å². The van der Waals surface area contributed by atoms with Crippen molar-refractivity contribution in [1.29, 1.82) is 0 Å². The molecule has 1 aliphatic carbocycles. The Bertz CT molecular complexity index is 516. The van der Waals surface area contributed by atoms with Crippen molar-refractivity contribution in [3.05, 3.63) is 18.6 Å². The number of hydrogen-bond donors (Lipinski definition) is 1. The Morgan fingerprint density at radius 1 is 1.29 bits per heavy atom. The molecule has 4 nitrogen and oxygen atoms in total. The van der Waals surface area contributed by atoms with E-state index in [1.54, 1.807) is 6.20 Å². The summed E-state index contributed by atoms with van der Waals surface area (Å²) in [5, 5.41) is 1.65. The van der Waals surface area contributed by atoms with Gasteiger partial charge in [-0.1, -0.05) is 31.0 Å². The largest absolute Gasteiger partial charge is 0.382 e. The summed E-state index contributed by atoms with van der Waals surface area (Å²) >= 11 is 1.84. The summed E-state index contributed by atoms with van der Waals surface area (Å²) in [7, 11) is 0. The van der Waals surface area contributed by atoms with E-state index in [9.17, 15) is 0 Å². The molecule has 0 aliphatic heterocycles. The number of nitrogens with two attached hydrogens (primary N) is 1. The van der Waals surface area contributed by atoms with Crippen molar-refractivity contribution in [3.63, 3.8) is 0 Å². The average Bonchev–Trinajstić information content (AvgIpc) is 2.78. The molecule has 2 heterocycles. The van der Waals surface area contributed by atoms with E-state index < -0.39 is 0 Å². The first kappa shape index (κ1) is 10.9. The molecule has 0 bridgehead atoms. The Morgan fingerprint density at radius 2 is 2.12 bits per heavy atom. The van der Waals surface area contributed by atoms with Gasteiger partial charge in [-0.15, -0.1) is 0 Å². The van der Waals surface area contributed by atoms with Crippen LogP contribution in [0.3, 0.4) is 0 Å². The van der Waals surface area contributed by atoms with Crippen LogP contribution in [-0.4, -0.2) is 19.6 Å². The predicted octanol–water partition coefficient (Wildman–Crippen LogP) is 2.74. The zero-order valence-electron chi connectivity index (χ0n) is 9.67. The number of aromatic nitrogens is 3. The predicted molar refractivity (Wildman–Crippen MR) is 70.1 cm³/mol. The Kier molecular flexibility index (Phi) is 2.93. The molecule has 2 N–H and O–H groups in total. The number of fused-ring (bicyclic) bond motifs is 1. The highest BCUT2D eigenvalue weighted by atomic mass is 32.2. The Balaban J connectivity index is 1.90. The third-order valence-corrected chi connectivity index (χ3v) is 4.49. The van der Waals surface area contributed by atoms with Crippen molar-refractivity contribution in [3.8, 4) is 0 Å². The minimum atomic E-state index is 0.564. The van der Waals surface area contributed by atoms with Crippen molar-refractivity contribution in [2.75, 3.05) is 5.73 Å². The molecule has 0 radical (unpaired) electrons. The van der Waals surface area contributed by atoms with Gasteiger partial charge in [-0.25, -0.2) is 9.97 Å². The first-order chi connectivity index (χ1) is 8.33. The van der Waals surface area contributed by atoms with E-state index in [2.05, 4.69) is 9.97 Å². The van der Waals surface area contributed by atoms with Crippen molar-refractivity contribution in [2.45, 2.75) is 42.4 Å². The average molecular weight is 248 g/mol. The van der Waals surface area contributed by atoms with Gasteiger partial charge < -0.3 is 10.1 Å². The number of anilines is 1. The van der Waals surface area contributed by atoms with Crippen molar-refractivity contribution in [1.82, 2.24) is 14.4 Å². The van der Waals surface area contributed by atoms with Crippen LogP contribution in [0.15, 0.2) is 23.6 Å². The smallest absolute Gasteiger partial charge is 0.169 e. The first-order valence-electron chi connectivity index (χ1n) is 6.09. The number of rotatable bonds is 2. The standard InChI is InChI=1S/C12H16N4S/c13-10-8-16-7-6-14-11(16)12(15-10)17-9-4-2-1-3-5-9/h6-9H,1-5,13H2. The van der Waals surface area contributed by atoms with Gasteiger partial charge in [-0.2, -0.15) is 0 Å². The highest BCUT2D eigenvalue weighted by Gasteiger charge is 2.17. The molecule has 0 spiro atoms. The zero-order chi connectivity index (χ0) is 11.7. The third kappa shape index (κ3) is 2.24. The SMILES string of the molecule is Nc1cn2ccnc2c(SC2CCCCC2)n1. The summed E-state index contributed by atoms with van der Waals surface area (Å²) in [5.41, 5.74) is 6.74. The number of thioether (sulfide) groups is 1. The quantitative estimate of drug-likeness (QED) is 0.887. The van der Waals surface area contributed by atoms with E-state index in [-0.39, 0.29) is 0 Å². The molecule has 2 aromatic heterocycles. The lowest BCUT2D eigenvalue weighted by atomic mass is 10.0. The monoisotopic (exact) mass is 248 g/mol. The third-order valence-electron chi connectivity index (χ3n) is 3.19. The van der Waals surface area contributed by atoms with Gasteiger partial charge in [0.1, 0.15) is 10.8 Å². The molecule has 0 aromatic carbocycles. The number of hydrogen-bond acceptors (Lipinski definition) is 4. The topological polar surface area (TPSA) is 56.2 Å². The van der Waals surface area contributed by atoms with Gasteiger partial charge in [0.05, 0.1) is 6.20 Å². The number of nitrogen functional groups attached to an aromatic ring is 1. The molecule has 1 saturated carbocycles. The van der Waals surface area contributed by atoms with E-state index in [0.717, 1.165) is 10.7 Å². The van der Waals surface area contributed by atoms with Crippen LogP contribution in [-0.2, 0) is 0 Å². The van der Waals surface area contributed by atoms with Gasteiger partial charge >= 0.3 is 0 Å². The zero-order valence-corrected chi connectivity index (χ0v) is 10.5. The normalized spacial score (nSPS) is 17.6. The van der Waals surface area contributed by atoms with Gasteiger partial charge in [0, 0.05) is 17.6 Å². The summed E-state index contributed by atoms with van der Waals surface area (Å²) in [6.45, 7) is 0. The Hall–Kier alpha value is -1.23. The lowest BCUT2D eigenvalue weighted by Crippen LogP contribution is -2.09. The summed E-state index contributed by atoms with van der Waals surface area (Å²) in [4.78, 5) is 8.77. The maximum atomic E-state index is 5.82. The van der Waals surface area contributed by atoms with Gasteiger partial charge in [-0.3, -0.25) is 0 Å². The highest BCUT2D eigenvalue weighted by Crippen LogP contribution is 2.34. The molecule has 0 unspecified atom stereocenters. The maximum Gasteiger partial charge on any atom is 0.169 e. The molecule has 90 valence electrons. The van der Waals surface area contributed by atoms with Crippen LogP contribution < -0.4 is 5.73 Å². The van der Waals surface area contributed by atoms with E-state index >= 15 is 0 Å². The molecule has 0 amide bonds. The van der Waals surface area contributed by atoms with Gasteiger partial charge in [0.25, 0.3) is 0 Å². The highest BCUT2D eigenvalue weighted by molar-refractivity contribution is 8.00. The second-order valence-corrected chi connectivity index (χ2v) is 5.80. The maximum absolute atomic E-state index is 5.82. The second-order valence-electron chi connectivity index (χ2n) is 4.51. The summed E-state index contributed by atoms with van der Waals surface area (Å²) < 4.78 is 1.95. The van der Waals surface area contributed by atoms with Crippen LogP contribution in [0, 0.1) is 0 Å². The van der Waals surface area contributed by atoms with E-state index in [1.807, 2.05) is 28.6 Å². The van der Waals surface area contributed by atoms with Gasteiger partial charge in [0.15, 0.2) is 5.65 Å². The van der Waals surface area contributed by atoms with E-state index in [1.165, 1.54) is 32.1 Å². The van der Waals surface area contributed by atoms with Crippen molar-refractivity contribution < 1.29 is 0 Å². The van der Waals surface area contributed by atoms with Crippen molar-refractivity contribution >= 4 is 23.2 Å². The van der Waals surface area contributed by atoms with Crippen molar-refractivity contribution in [2.24, 2.45) is 0 Å². The Morgan fingerprint density at radius 3 is 2.94 bits per heavy atom. The van der Waals surface area contributed by atoms with Crippen LogP contribution in [0.2, 0.25) is 0 Å². The summed E-state index contributed by atoms with van der Waals surface area (Å²) in [6, 6.07) is 0. The van der Waals surface area contributed by atoms with Gasteiger partial charge in [-0.05, 0) is 12.8 Å². The molecule has 17 heavy (non-hydrogen) atoms. The molecular weight excluding hydrogens is 232 g/mol. The number of nitrogens with zero attached hydrogens (tertiary/aromatic N) is 3. The van der Waals surface area contributed by atoms with Crippen LogP contribution in [0.4, 0.5) is 5.82 Å². The van der Waals surface area contributed by atoms with Crippen LogP contribution in [0.1, 0.15) is 32.1 Å². The fourth-order valence-electron chi connectivity index (χ4n) is 2.34. The molecule has 1 fully saturated rings. The van der Waals surface area contributed by atoms with Crippen LogP contribution in [0.5, 0.6) is 0 Å². The summed E-state index contributed by atoms with van der Waals surface area (Å²) in [6.07, 6.45) is 12.1. The molecule has 0 atom stereocenters. The summed E-state index contributed by atoms with van der Waals surface area (Å²) in [5.74, 6) is 0.564. The fraction of sp³-hybridized carbons (Fsp3) is 0.500. The minimum absolute atomic E-state index is 0.564. The molecule has 5 heteroatoms. The Labute approximate surface area is 105 Å². The number of imidazole rings is 1. The lowest BCUT2D eigenvalue weighted by Gasteiger charge is -2.20. The molecule has 2 aromatic rings. The van der Waals surface area contributed by atoms with E-state index in [4.69, 9.17) is 5.73 Å². The van der Waals surface area contributed by atoms with Crippen LogP contribution >= 0.6 is 11.8 Å². The molecule has 3 rings (SSSR count). The molecule has 0 saturated heterocycles.